The van der Waals surface area contributed by atoms with Crippen molar-refractivity contribution < 1.29 is 40.7 Å². The van der Waals surface area contributed by atoms with Gasteiger partial charge in [0.25, 0.3) is 10.0 Å². The van der Waals surface area contributed by atoms with Crippen molar-refractivity contribution >= 4 is 16.0 Å². The highest BCUT2D eigenvalue weighted by Crippen LogP contribution is 2.18. The van der Waals surface area contributed by atoms with Crippen LogP contribution in [0.25, 0.3) is 0 Å². The van der Waals surface area contributed by atoms with Gasteiger partial charge in [0.2, 0.25) is 0 Å². The third-order valence-electron chi connectivity index (χ3n) is 1.87. The third kappa shape index (κ3) is 4.43. The van der Waals surface area contributed by atoms with Gasteiger partial charge >= 0.3 is 12.1 Å². The van der Waals surface area contributed by atoms with Gasteiger partial charge in [-0.2, -0.15) is 13.2 Å². The zero-order chi connectivity index (χ0) is 15.6. The van der Waals surface area contributed by atoms with Gasteiger partial charge in [0.1, 0.15) is 10.7 Å². The van der Waals surface area contributed by atoms with Crippen molar-refractivity contribution in [3.8, 4) is 0 Å². The number of nitrogens with one attached hydrogen (secondary N) is 1. The predicted octanol–water partition coefficient (Wildman–Crippen LogP) is 1.30. The van der Waals surface area contributed by atoms with Crippen molar-refractivity contribution in [1.82, 2.24) is 4.89 Å². The predicted molar refractivity (Wildman–Crippen MR) is 55.7 cm³/mol. The molecule has 0 spiro atoms. The molecule has 0 aliphatic rings. The van der Waals surface area contributed by atoms with Crippen molar-refractivity contribution in [1.29, 1.82) is 0 Å². The zero-order valence-corrected chi connectivity index (χ0v) is 10.3. The first-order chi connectivity index (χ1) is 9.03. The number of hydrogen-bond donors (Lipinski definition) is 2. The minimum absolute atomic E-state index is 0.455. The molecule has 0 aromatic heterocycles. The van der Waals surface area contributed by atoms with Gasteiger partial charge in [-0.1, -0.05) is 4.89 Å². The number of halogens is 4. The number of benzene rings is 1. The number of aromatic carboxylic acids is 1. The van der Waals surface area contributed by atoms with Crippen LogP contribution in [-0.4, -0.2) is 32.3 Å². The molecule has 112 valence electrons. The van der Waals surface area contributed by atoms with Gasteiger partial charge in [-0.3, -0.25) is 4.84 Å². The van der Waals surface area contributed by atoms with Crippen LogP contribution in [0.1, 0.15) is 10.4 Å². The Morgan fingerprint density at radius 2 is 1.95 bits per heavy atom. The van der Waals surface area contributed by atoms with Crippen LogP contribution < -0.4 is 4.89 Å². The van der Waals surface area contributed by atoms with E-state index in [-0.39, 0.29) is 0 Å². The summed E-state index contributed by atoms with van der Waals surface area (Å²) in [7, 11) is -4.78. The van der Waals surface area contributed by atoms with E-state index in [9.17, 15) is 30.8 Å². The molecular weight excluding hydrogens is 310 g/mol. The number of sulfonamides is 1. The molecule has 1 aromatic rings. The van der Waals surface area contributed by atoms with E-state index < -0.39 is 45.1 Å². The molecule has 0 heterocycles. The summed E-state index contributed by atoms with van der Waals surface area (Å²) in [6, 6.07) is 1.81. The highest BCUT2D eigenvalue weighted by molar-refractivity contribution is 7.89. The molecule has 0 bridgehead atoms. The van der Waals surface area contributed by atoms with Gasteiger partial charge in [-0.05, 0) is 18.2 Å². The molecular formula is C9H7F4NO5S. The number of alkyl halides is 3. The Bertz CT molecular complexity index is 613. The van der Waals surface area contributed by atoms with E-state index in [2.05, 4.69) is 4.84 Å². The minimum Gasteiger partial charge on any atom is -0.478 e. The molecule has 0 unspecified atom stereocenters. The molecule has 0 amide bonds. The second-order valence-corrected chi connectivity index (χ2v) is 5.05. The third-order valence-corrected chi connectivity index (χ3v) is 3.10. The van der Waals surface area contributed by atoms with Gasteiger partial charge in [0, 0.05) is 0 Å². The molecule has 0 atom stereocenters. The Kier molecular flexibility index (Phi) is 4.68. The van der Waals surface area contributed by atoms with Crippen molar-refractivity contribution in [3.05, 3.63) is 29.6 Å². The summed E-state index contributed by atoms with van der Waals surface area (Å²) < 4.78 is 71.6. The van der Waals surface area contributed by atoms with Crippen LogP contribution >= 0.6 is 0 Å². The smallest absolute Gasteiger partial charge is 0.413 e. The summed E-state index contributed by atoms with van der Waals surface area (Å²) in [5, 5.41) is 8.63. The lowest BCUT2D eigenvalue weighted by atomic mass is 10.2. The Hall–Kier alpha value is -1.72. The number of hydrogen-bond acceptors (Lipinski definition) is 4. The standard InChI is InChI=1S/C9H7F4NO5S/c10-6-2-1-5(8(15)16)3-7(6)20(17,18)14-19-4-9(11,12)13/h1-3,14H,4H2,(H,15,16). The molecule has 11 heteroatoms. The van der Waals surface area contributed by atoms with Crippen molar-refractivity contribution in [2.75, 3.05) is 6.61 Å². The first kappa shape index (κ1) is 16.3. The monoisotopic (exact) mass is 317 g/mol. The Morgan fingerprint density at radius 3 is 2.45 bits per heavy atom. The molecule has 2 N–H and O–H groups in total. The van der Waals surface area contributed by atoms with Gasteiger partial charge in [-0.25, -0.2) is 17.6 Å². The average molecular weight is 317 g/mol. The quantitative estimate of drug-likeness (QED) is 0.631. The topological polar surface area (TPSA) is 92.7 Å². The van der Waals surface area contributed by atoms with E-state index in [1.807, 2.05) is 0 Å². The number of carboxylic acid groups (broad SMARTS) is 1. The average Bonchev–Trinajstić information content (AvgIpc) is 2.26. The van der Waals surface area contributed by atoms with Crippen LogP contribution in [0.2, 0.25) is 0 Å². The minimum atomic E-state index is -4.79. The first-order valence-electron chi connectivity index (χ1n) is 4.76. The summed E-state index contributed by atoms with van der Waals surface area (Å²) >= 11 is 0. The normalized spacial score (nSPS) is 12.4. The molecule has 0 radical (unpaired) electrons. The van der Waals surface area contributed by atoms with E-state index in [0.717, 1.165) is 11.0 Å². The van der Waals surface area contributed by atoms with Crippen LogP contribution in [0, 0.1) is 5.82 Å². The fraction of sp³-hybridized carbons (Fsp3) is 0.222. The van der Waals surface area contributed by atoms with E-state index in [4.69, 9.17) is 5.11 Å². The fourth-order valence-electron chi connectivity index (χ4n) is 1.08. The van der Waals surface area contributed by atoms with Gasteiger partial charge in [0.15, 0.2) is 6.61 Å². The van der Waals surface area contributed by atoms with E-state index >= 15 is 0 Å². The molecule has 0 saturated carbocycles. The summed E-state index contributed by atoms with van der Waals surface area (Å²) in [5.41, 5.74) is -0.553. The Morgan fingerprint density at radius 1 is 1.35 bits per heavy atom. The summed E-state index contributed by atoms with van der Waals surface area (Å²) in [6.45, 7) is -1.92. The maximum absolute atomic E-state index is 13.3. The summed E-state index contributed by atoms with van der Waals surface area (Å²) in [6.07, 6.45) is -4.79. The first-order valence-corrected chi connectivity index (χ1v) is 6.24. The van der Waals surface area contributed by atoms with Crippen LogP contribution in [-0.2, 0) is 14.9 Å². The molecule has 1 rings (SSSR count). The summed E-state index contributed by atoms with van der Waals surface area (Å²) in [4.78, 5) is 14.2. The van der Waals surface area contributed by atoms with Crippen LogP contribution in [0.5, 0.6) is 0 Å². The maximum Gasteiger partial charge on any atom is 0.413 e. The summed E-state index contributed by atoms with van der Waals surface area (Å²) in [5.74, 6) is -2.87. The lowest BCUT2D eigenvalue weighted by Crippen LogP contribution is -2.30. The van der Waals surface area contributed by atoms with Crippen molar-refractivity contribution in [2.45, 2.75) is 11.1 Å². The van der Waals surface area contributed by atoms with Crippen molar-refractivity contribution in [2.24, 2.45) is 0 Å². The molecule has 0 saturated heterocycles. The molecule has 1 aromatic carbocycles. The molecule has 0 aliphatic heterocycles. The molecule has 0 aliphatic carbocycles. The van der Waals surface area contributed by atoms with Crippen molar-refractivity contribution in [3.63, 3.8) is 0 Å². The number of carbonyl (C=O) groups is 1. The number of rotatable bonds is 5. The van der Waals surface area contributed by atoms with E-state index in [1.165, 1.54) is 0 Å². The number of carboxylic acids is 1. The van der Waals surface area contributed by atoms with Gasteiger partial charge in [0.05, 0.1) is 5.56 Å². The lowest BCUT2D eigenvalue weighted by Gasteiger charge is -2.10. The Labute approximate surface area is 110 Å². The van der Waals surface area contributed by atoms with Gasteiger partial charge < -0.3 is 5.11 Å². The van der Waals surface area contributed by atoms with Gasteiger partial charge in [-0.15, -0.1) is 0 Å². The largest absolute Gasteiger partial charge is 0.478 e. The highest BCUT2D eigenvalue weighted by atomic mass is 32.2. The zero-order valence-electron chi connectivity index (χ0n) is 9.44. The van der Waals surface area contributed by atoms with Crippen LogP contribution in [0.4, 0.5) is 17.6 Å². The molecule has 6 nitrogen and oxygen atoms in total. The van der Waals surface area contributed by atoms with Crippen LogP contribution in [0.15, 0.2) is 23.1 Å². The molecule has 20 heavy (non-hydrogen) atoms. The second-order valence-electron chi connectivity index (χ2n) is 3.44. The second kappa shape index (κ2) is 5.73. The Balaban J connectivity index is 2.97. The lowest BCUT2D eigenvalue weighted by molar-refractivity contribution is -0.181. The molecule has 0 fully saturated rings. The maximum atomic E-state index is 13.3. The van der Waals surface area contributed by atoms with E-state index in [1.54, 1.807) is 0 Å². The van der Waals surface area contributed by atoms with E-state index in [0.29, 0.717) is 12.1 Å². The van der Waals surface area contributed by atoms with Crippen LogP contribution in [0.3, 0.4) is 0 Å². The highest BCUT2D eigenvalue weighted by Gasteiger charge is 2.30. The SMILES string of the molecule is O=C(O)c1ccc(F)c(S(=O)(=O)NOCC(F)(F)F)c1. The fourth-order valence-corrected chi connectivity index (χ4v) is 1.99.